The van der Waals surface area contributed by atoms with Gasteiger partial charge in [-0.25, -0.2) is 0 Å². The summed E-state index contributed by atoms with van der Waals surface area (Å²) in [5.41, 5.74) is 1.38. The van der Waals surface area contributed by atoms with Crippen LogP contribution < -0.4 is 0 Å². The van der Waals surface area contributed by atoms with Gasteiger partial charge in [0, 0.05) is 5.02 Å². The minimum Gasteiger partial charge on any atom is -0.147 e. The van der Waals surface area contributed by atoms with Gasteiger partial charge in [-0.3, -0.25) is 0 Å². The lowest BCUT2D eigenvalue weighted by atomic mass is 10.0. The van der Waals surface area contributed by atoms with E-state index in [9.17, 15) is 0 Å². The summed E-state index contributed by atoms with van der Waals surface area (Å²) in [4.78, 5) is 0. The number of aryl methyl sites for hydroxylation is 1. The van der Waals surface area contributed by atoms with Crippen molar-refractivity contribution in [2.45, 2.75) is 26.7 Å². The Labute approximate surface area is 91.7 Å². The van der Waals surface area contributed by atoms with Gasteiger partial charge in [-0.05, 0) is 36.5 Å². The SMILES string of the molecule is CC(C)CCc1ccc(Cl)cc1.Cl. The van der Waals surface area contributed by atoms with Gasteiger partial charge in [0.15, 0.2) is 0 Å². The van der Waals surface area contributed by atoms with Gasteiger partial charge in [-0.15, -0.1) is 12.4 Å². The van der Waals surface area contributed by atoms with E-state index >= 15 is 0 Å². The number of rotatable bonds is 3. The van der Waals surface area contributed by atoms with E-state index in [1.54, 1.807) is 0 Å². The van der Waals surface area contributed by atoms with E-state index in [0.717, 1.165) is 17.4 Å². The lowest BCUT2D eigenvalue weighted by Gasteiger charge is -2.03. The molecule has 0 amide bonds. The van der Waals surface area contributed by atoms with Crippen molar-refractivity contribution < 1.29 is 0 Å². The van der Waals surface area contributed by atoms with Crippen LogP contribution in [-0.2, 0) is 6.42 Å². The predicted molar refractivity (Wildman–Crippen MR) is 61.9 cm³/mol. The molecule has 74 valence electrons. The van der Waals surface area contributed by atoms with Gasteiger partial charge >= 0.3 is 0 Å². The predicted octanol–water partition coefficient (Wildman–Crippen LogP) is 4.35. The Bertz CT molecular complexity index is 226. The van der Waals surface area contributed by atoms with Crippen molar-refractivity contribution in [3.8, 4) is 0 Å². The monoisotopic (exact) mass is 218 g/mol. The first-order valence-electron chi connectivity index (χ1n) is 4.43. The zero-order valence-electron chi connectivity index (χ0n) is 8.09. The molecule has 13 heavy (non-hydrogen) atoms. The molecular formula is C11H16Cl2. The molecule has 1 aromatic carbocycles. The molecule has 1 aromatic rings. The van der Waals surface area contributed by atoms with Crippen LogP contribution in [0.3, 0.4) is 0 Å². The highest BCUT2D eigenvalue weighted by Gasteiger charge is 1.96. The zero-order chi connectivity index (χ0) is 8.97. The van der Waals surface area contributed by atoms with E-state index in [1.165, 1.54) is 12.0 Å². The molecule has 0 aliphatic rings. The molecule has 0 radical (unpaired) electrons. The summed E-state index contributed by atoms with van der Waals surface area (Å²) in [7, 11) is 0. The largest absolute Gasteiger partial charge is 0.147 e. The first kappa shape index (κ1) is 12.8. The van der Waals surface area contributed by atoms with Gasteiger partial charge in [-0.2, -0.15) is 0 Å². The van der Waals surface area contributed by atoms with Crippen LogP contribution in [0.4, 0.5) is 0 Å². The van der Waals surface area contributed by atoms with Crippen molar-refractivity contribution in [2.75, 3.05) is 0 Å². The van der Waals surface area contributed by atoms with Crippen LogP contribution in [-0.4, -0.2) is 0 Å². The molecule has 0 N–H and O–H groups in total. The molecule has 0 aromatic heterocycles. The quantitative estimate of drug-likeness (QED) is 0.708. The van der Waals surface area contributed by atoms with E-state index in [4.69, 9.17) is 11.6 Å². The van der Waals surface area contributed by atoms with E-state index < -0.39 is 0 Å². The number of benzene rings is 1. The van der Waals surface area contributed by atoms with Gasteiger partial charge in [0.2, 0.25) is 0 Å². The Balaban J connectivity index is 0.00000144. The summed E-state index contributed by atoms with van der Waals surface area (Å²) in [6.45, 7) is 4.49. The molecule has 0 fully saturated rings. The topological polar surface area (TPSA) is 0 Å². The standard InChI is InChI=1S/C11H15Cl.ClH/c1-9(2)3-4-10-5-7-11(12)8-6-10;/h5-9H,3-4H2,1-2H3;1H. The minimum atomic E-state index is 0. The molecule has 0 atom stereocenters. The van der Waals surface area contributed by atoms with Crippen LogP contribution in [0.5, 0.6) is 0 Å². The second-order valence-electron chi connectivity index (χ2n) is 3.56. The molecule has 0 heterocycles. The summed E-state index contributed by atoms with van der Waals surface area (Å²) >= 11 is 5.77. The van der Waals surface area contributed by atoms with Crippen molar-refractivity contribution in [1.29, 1.82) is 0 Å². The molecule has 0 saturated heterocycles. The smallest absolute Gasteiger partial charge is 0.0406 e. The van der Waals surface area contributed by atoms with E-state index in [1.807, 2.05) is 12.1 Å². The molecule has 1 rings (SSSR count). The third-order valence-corrected chi connectivity index (χ3v) is 2.18. The average molecular weight is 219 g/mol. The summed E-state index contributed by atoms with van der Waals surface area (Å²) < 4.78 is 0. The first-order chi connectivity index (χ1) is 5.68. The zero-order valence-corrected chi connectivity index (χ0v) is 9.66. The van der Waals surface area contributed by atoms with Crippen LogP contribution in [0.15, 0.2) is 24.3 Å². The maximum Gasteiger partial charge on any atom is 0.0406 e. The summed E-state index contributed by atoms with van der Waals surface area (Å²) in [6.07, 6.45) is 2.41. The van der Waals surface area contributed by atoms with Crippen molar-refractivity contribution in [2.24, 2.45) is 5.92 Å². The Hall–Kier alpha value is -0.200. The number of hydrogen-bond acceptors (Lipinski definition) is 0. The van der Waals surface area contributed by atoms with Gasteiger partial charge in [0.25, 0.3) is 0 Å². The van der Waals surface area contributed by atoms with Gasteiger partial charge < -0.3 is 0 Å². The number of hydrogen-bond donors (Lipinski definition) is 0. The van der Waals surface area contributed by atoms with E-state index in [0.29, 0.717) is 0 Å². The molecule has 0 aliphatic carbocycles. The van der Waals surface area contributed by atoms with E-state index in [-0.39, 0.29) is 12.4 Å². The van der Waals surface area contributed by atoms with Crippen LogP contribution in [0, 0.1) is 5.92 Å². The minimum absolute atomic E-state index is 0. The van der Waals surface area contributed by atoms with E-state index in [2.05, 4.69) is 26.0 Å². The second kappa shape index (κ2) is 6.28. The fraction of sp³-hybridized carbons (Fsp3) is 0.455. The molecule has 2 heteroatoms. The third kappa shape index (κ3) is 5.17. The molecule has 0 bridgehead atoms. The maximum absolute atomic E-state index is 5.77. The average Bonchev–Trinajstić information content (AvgIpc) is 2.03. The Morgan fingerprint density at radius 3 is 2.15 bits per heavy atom. The lowest BCUT2D eigenvalue weighted by Crippen LogP contribution is -1.91. The fourth-order valence-corrected chi connectivity index (χ4v) is 1.23. The van der Waals surface area contributed by atoms with Gasteiger partial charge in [0.05, 0.1) is 0 Å². The Morgan fingerprint density at radius 1 is 1.15 bits per heavy atom. The van der Waals surface area contributed by atoms with Crippen LogP contribution >= 0.6 is 24.0 Å². The van der Waals surface area contributed by atoms with Crippen molar-refractivity contribution in [3.05, 3.63) is 34.9 Å². The summed E-state index contributed by atoms with van der Waals surface area (Å²) in [5.74, 6) is 0.778. The maximum atomic E-state index is 5.77. The highest BCUT2D eigenvalue weighted by molar-refractivity contribution is 6.30. The third-order valence-electron chi connectivity index (χ3n) is 1.92. The van der Waals surface area contributed by atoms with Crippen LogP contribution in [0.2, 0.25) is 5.02 Å². The molecule has 0 nitrogen and oxygen atoms in total. The molecular weight excluding hydrogens is 203 g/mol. The van der Waals surface area contributed by atoms with Gasteiger partial charge in [-0.1, -0.05) is 37.6 Å². The normalized spacial score (nSPS) is 9.85. The second-order valence-corrected chi connectivity index (χ2v) is 4.00. The van der Waals surface area contributed by atoms with Crippen LogP contribution in [0.25, 0.3) is 0 Å². The molecule has 0 aliphatic heterocycles. The van der Waals surface area contributed by atoms with Crippen molar-refractivity contribution in [1.82, 2.24) is 0 Å². The fourth-order valence-electron chi connectivity index (χ4n) is 1.11. The van der Waals surface area contributed by atoms with Crippen molar-refractivity contribution in [3.63, 3.8) is 0 Å². The lowest BCUT2D eigenvalue weighted by molar-refractivity contribution is 0.587. The summed E-state index contributed by atoms with van der Waals surface area (Å²) in [6, 6.07) is 8.11. The van der Waals surface area contributed by atoms with Crippen molar-refractivity contribution >= 4 is 24.0 Å². The number of halogens is 2. The Morgan fingerprint density at radius 2 is 1.69 bits per heavy atom. The Kier molecular flexibility index (Phi) is 6.19. The molecule has 0 spiro atoms. The molecule has 0 saturated carbocycles. The summed E-state index contributed by atoms with van der Waals surface area (Å²) in [5, 5.41) is 0.822. The molecule has 0 unspecified atom stereocenters. The van der Waals surface area contributed by atoms with Gasteiger partial charge in [0.1, 0.15) is 0 Å². The highest BCUT2D eigenvalue weighted by Crippen LogP contribution is 2.12. The van der Waals surface area contributed by atoms with Crippen LogP contribution in [0.1, 0.15) is 25.8 Å². The highest BCUT2D eigenvalue weighted by atomic mass is 35.5. The first-order valence-corrected chi connectivity index (χ1v) is 4.80.